The van der Waals surface area contributed by atoms with E-state index in [2.05, 4.69) is 53.2 Å². The van der Waals surface area contributed by atoms with Crippen molar-refractivity contribution in [3.63, 3.8) is 0 Å². The fraction of sp³-hybridized carbons (Fsp3) is 0.538. The highest BCUT2D eigenvalue weighted by Gasteiger charge is 2.44. The molecule has 4 aromatic carbocycles. The maximum Gasteiger partial charge on any atom is 0.246 e. The molecule has 7 rings (SSSR count). The van der Waals surface area contributed by atoms with Crippen LogP contribution >= 0.6 is 0 Å². The first kappa shape index (κ1) is 83.3. The minimum atomic E-state index is -1.38. The lowest BCUT2D eigenvalue weighted by molar-refractivity contribution is -0.143. The van der Waals surface area contributed by atoms with Gasteiger partial charge in [0.05, 0.1) is 0 Å². The van der Waals surface area contributed by atoms with Crippen molar-refractivity contribution in [1.82, 2.24) is 63.0 Å². The first-order valence-electron chi connectivity index (χ1n) is 37.2. The lowest BCUT2D eigenvalue weighted by atomic mass is 9.98. The van der Waals surface area contributed by atoms with Crippen molar-refractivity contribution in [2.24, 2.45) is 35.1 Å². The molecule has 4 aromatic rings. The molecule has 576 valence electrons. The Kier molecular flexibility index (Phi) is 31.8. The molecule has 0 radical (unpaired) electrons. The molecule has 12 atom stereocenters. The van der Waals surface area contributed by atoms with Gasteiger partial charge in [0, 0.05) is 38.8 Å². The molecule has 3 aliphatic heterocycles. The molecular weight excluding hydrogens is 1360 g/mol. The third kappa shape index (κ3) is 24.6. The molecule has 0 aliphatic carbocycles. The molecule has 0 bridgehead atoms. The maximum absolute atomic E-state index is 15.3. The number of nitrogens with zero attached hydrogens (tertiary/aromatic N) is 2. The summed E-state index contributed by atoms with van der Waals surface area (Å²) >= 11 is 0. The first-order chi connectivity index (χ1) is 50.5. The monoisotopic (exact) mass is 1470 g/mol. The molecule has 0 saturated carbocycles. The van der Waals surface area contributed by atoms with E-state index in [4.69, 9.17) is 11.5 Å². The van der Waals surface area contributed by atoms with E-state index in [0.717, 1.165) is 0 Å². The minimum Gasteiger partial charge on any atom is -0.508 e. The van der Waals surface area contributed by atoms with Gasteiger partial charge in [0.1, 0.15) is 84.0 Å². The molecule has 3 fully saturated rings. The van der Waals surface area contributed by atoms with E-state index in [9.17, 15) is 58.2 Å². The molecule has 3 saturated heterocycles. The zero-order valence-electron chi connectivity index (χ0n) is 62.2. The number of hydrogen-bond acceptors (Lipinski definition) is 16. The van der Waals surface area contributed by atoms with Crippen molar-refractivity contribution >= 4 is 70.9 Å². The number of fused-ring (bicyclic) bond motifs is 2. The smallest absolute Gasteiger partial charge is 0.246 e. The number of phenols is 2. The molecule has 16 N–H and O–H groups in total. The van der Waals surface area contributed by atoms with Crippen LogP contribution in [0.15, 0.2) is 109 Å². The Hall–Kier alpha value is -9.96. The standard InChI is InChI=1S/C78H110N14O14/c1-45(2)39-57-69(97)87-61(43-51-27-31-53(93)32-28-51)77(105)91-37-17-25-63(91)73(101)85-60(42-50-21-13-10-14-22-50)72(100)90-66(48(7)8)76(104)82-56(24-16-36-80)68(96)84-58(40-46(3)4)70(98)88-62(44-52-29-33-54(94)34-30-52)78(106)92-38-18-26-64(92)74(102)86-59(41-49-19-11-9-12-20-49)71(99)89-65(47(5)6)75(103)81-55(23-15-35-79)67(95)83-57/h9-14,19-22,27-34,45-48,55-66,93-94H,15-18,23-26,35-44,79-80H2,1-8H3,(H,81,103)(H,82,104)(H,83,95)(H,84,96)(H,85,101)(H,86,102)(H,87,97)(H,88,98)(H,89,99)(H,90,100)/t55-,56-,57-,58-,59+,60+,61+,62+,63-,64-,65-,66-/m0/s1. The van der Waals surface area contributed by atoms with Crippen LogP contribution in [-0.2, 0) is 83.2 Å². The van der Waals surface area contributed by atoms with Crippen molar-refractivity contribution in [1.29, 1.82) is 0 Å². The van der Waals surface area contributed by atoms with Crippen LogP contribution < -0.4 is 64.6 Å². The molecule has 12 amide bonds. The zero-order valence-corrected chi connectivity index (χ0v) is 62.2. The summed E-state index contributed by atoms with van der Waals surface area (Å²) in [5.74, 6) is -10.9. The number of nitrogens with one attached hydrogen (secondary N) is 10. The first-order valence-corrected chi connectivity index (χ1v) is 37.2. The minimum absolute atomic E-state index is 0.0152. The second-order valence-electron chi connectivity index (χ2n) is 29.6. The molecule has 28 heteroatoms. The summed E-state index contributed by atoms with van der Waals surface area (Å²) < 4.78 is 0. The summed E-state index contributed by atoms with van der Waals surface area (Å²) in [5.41, 5.74) is 14.3. The summed E-state index contributed by atoms with van der Waals surface area (Å²) in [5, 5.41) is 48.9. The molecule has 106 heavy (non-hydrogen) atoms. The molecule has 28 nitrogen and oxygen atoms in total. The third-order valence-corrected chi connectivity index (χ3v) is 19.3. The van der Waals surface area contributed by atoms with Gasteiger partial charge in [-0.15, -0.1) is 0 Å². The van der Waals surface area contributed by atoms with Crippen LogP contribution in [0.5, 0.6) is 11.5 Å². The quantitative estimate of drug-likeness (QED) is 0.0602. The van der Waals surface area contributed by atoms with Crippen LogP contribution in [0.3, 0.4) is 0 Å². The SMILES string of the molecule is CC(C)C[C@@H]1NC(=O)[C@H](CCCN)NC(=O)[C@H](C(C)C)NC(=O)[C@@H](Cc2ccccc2)NC(=O)[C@@H]2CCCN2C(=O)[C@@H](Cc2ccc(O)cc2)NC(=O)[C@H](CC(C)C)NC(=O)[C@H](CCCN)NC(=O)[C@H](C(C)C)NC(=O)[C@@H](Cc2ccccc2)NC(=O)[C@@H]2CCCN2C(=O)[C@@H](Cc2ccc(O)cc2)NC1=O. The lowest BCUT2D eigenvalue weighted by Gasteiger charge is -2.32. The van der Waals surface area contributed by atoms with Gasteiger partial charge >= 0.3 is 0 Å². The highest BCUT2D eigenvalue weighted by Crippen LogP contribution is 2.25. The van der Waals surface area contributed by atoms with Crippen LogP contribution in [0.2, 0.25) is 0 Å². The van der Waals surface area contributed by atoms with Crippen molar-refractivity contribution < 1.29 is 67.7 Å². The summed E-state index contributed by atoms with van der Waals surface area (Å²) in [7, 11) is 0. The average Bonchev–Trinajstić information content (AvgIpc) is 1.61. The summed E-state index contributed by atoms with van der Waals surface area (Å²) in [4.78, 5) is 182. The predicted octanol–water partition coefficient (Wildman–Crippen LogP) is 2.09. The third-order valence-electron chi connectivity index (χ3n) is 19.3. The average molecular weight is 1470 g/mol. The Morgan fingerprint density at radius 2 is 0.632 bits per heavy atom. The fourth-order valence-electron chi connectivity index (χ4n) is 13.6. The molecule has 0 aromatic heterocycles. The Morgan fingerprint density at radius 1 is 0.349 bits per heavy atom. The largest absolute Gasteiger partial charge is 0.508 e. The molecule has 0 unspecified atom stereocenters. The number of carbonyl (C=O) groups is 12. The lowest BCUT2D eigenvalue weighted by Crippen LogP contribution is -2.62. The van der Waals surface area contributed by atoms with E-state index < -0.39 is 155 Å². The van der Waals surface area contributed by atoms with Gasteiger partial charge in [0.2, 0.25) is 70.9 Å². The van der Waals surface area contributed by atoms with E-state index in [1.54, 1.807) is 113 Å². The normalized spacial score (nSPS) is 25.2. The second kappa shape index (κ2) is 40.5. The highest BCUT2D eigenvalue weighted by molar-refractivity contribution is 6.01. The predicted molar refractivity (Wildman–Crippen MR) is 398 cm³/mol. The molecule has 3 aliphatic rings. The zero-order chi connectivity index (χ0) is 77.3. The molecule has 0 spiro atoms. The van der Waals surface area contributed by atoms with Gasteiger partial charge in [-0.25, -0.2) is 0 Å². The van der Waals surface area contributed by atoms with Gasteiger partial charge in [0.15, 0.2) is 0 Å². The van der Waals surface area contributed by atoms with Gasteiger partial charge in [0.25, 0.3) is 0 Å². The van der Waals surface area contributed by atoms with E-state index in [1.165, 1.54) is 34.1 Å². The summed E-state index contributed by atoms with van der Waals surface area (Å²) in [6, 6.07) is 13.7. The Morgan fingerprint density at radius 3 is 0.953 bits per heavy atom. The van der Waals surface area contributed by atoms with E-state index in [1.807, 2.05) is 27.7 Å². The van der Waals surface area contributed by atoms with Gasteiger partial charge in [-0.2, -0.15) is 0 Å². The van der Waals surface area contributed by atoms with Crippen molar-refractivity contribution in [2.45, 2.75) is 218 Å². The number of hydrogen-bond donors (Lipinski definition) is 14. The Balaban J connectivity index is 1.30. The fourth-order valence-corrected chi connectivity index (χ4v) is 13.6. The summed E-state index contributed by atoms with van der Waals surface area (Å²) in [6.45, 7) is 14.3. The maximum atomic E-state index is 15.3. The molecule has 3 heterocycles. The van der Waals surface area contributed by atoms with Gasteiger partial charge < -0.3 is 84.6 Å². The van der Waals surface area contributed by atoms with Crippen LogP contribution in [0.4, 0.5) is 0 Å². The van der Waals surface area contributed by atoms with Crippen LogP contribution in [-0.4, -0.2) is 190 Å². The summed E-state index contributed by atoms with van der Waals surface area (Å²) in [6.07, 6.45) is 1.02. The molecular formula is C78H110N14O14. The van der Waals surface area contributed by atoms with E-state index in [0.29, 0.717) is 35.1 Å². The van der Waals surface area contributed by atoms with Crippen LogP contribution in [0, 0.1) is 23.7 Å². The topological polar surface area (TPSA) is 424 Å². The van der Waals surface area contributed by atoms with Gasteiger partial charge in [-0.1, -0.05) is 140 Å². The highest BCUT2D eigenvalue weighted by atomic mass is 16.3. The Bertz CT molecular complexity index is 3400. The number of carbonyl (C=O) groups excluding carboxylic acids is 12. The van der Waals surface area contributed by atoms with E-state index >= 15 is 9.59 Å². The second-order valence-corrected chi connectivity index (χ2v) is 29.6. The Labute approximate surface area is 621 Å². The number of nitrogens with two attached hydrogens (primary N) is 2. The van der Waals surface area contributed by atoms with Crippen LogP contribution in [0.1, 0.15) is 142 Å². The van der Waals surface area contributed by atoms with E-state index in [-0.39, 0.29) is 127 Å². The van der Waals surface area contributed by atoms with Crippen molar-refractivity contribution in [3.8, 4) is 11.5 Å². The number of benzene rings is 4. The number of phenolic OH excluding ortho intramolecular Hbond substituents is 2. The number of amides is 12. The van der Waals surface area contributed by atoms with Gasteiger partial charge in [-0.3, -0.25) is 57.5 Å². The number of aromatic hydroxyl groups is 2. The van der Waals surface area contributed by atoms with Crippen molar-refractivity contribution in [2.75, 3.05) is 26.2 Å². The van der Waals surface area contributed by atoms with Gasteiger partial charge in [-0.05, 0) is 147 Å². The van der Waals surface area contributed by atoms with Crippen LogP contribution in [0.25, 0.3) is 0 Å². The number of rotatable bonds is 20. The van der Waals surface area contributed by atoms with Crippen molar-refractivity contribution in [3.05, 3.63) is 131 Å².